The summed E-state index contributed by atoms with van der Waals surface area (Å²) in [5, 5.41) is 2.21. The van der Waals surface area contributed by atoms with Crippen molar-refractivity contribution in [1.82, 2.24) is 0 Å². The van der Waals surface area contributed by atoms with Crippen molar-refractivity contribution in [2.75, 3.05) is 4.90 Å². The minimum Gasteiger partial charge on any atom is -0.456 e. The van der Waals surface area contributed by atoms with Gasteiger partial charge >= 0.3 is 0 Å². The second-order valence-electron chi connectivity index (χ2n) is 15.2. The quantitative estimate of drug-likeness (QED) is 0.180. The molecule has 1 spiro atoms. The lowest BCUT2D eigenvalue weighted by molar-refractivity contribution is 0.669. The number of nitrogens with zero attached hydrogens (tertiary/aromatic N) is 1. The smallest absolute Gasteiger partial charge is 0.135 e. The van der Waals surface area contributed by atoms with Gasteiger partial charge in [-0.3, -0.25) is 0 Å². The summed E-state index contributed by atoms with van der Waals surface area (Å²) in [6.07, 6.45) is 0. The molecule has 266 valence electrons. The van der Waals surface area contributed by atoms with Crippen LogP contribution < -0.4 is 4.90 Å². The van der Waals surface area contributed by atoms with Crippen molar-refractivity contribution >= 4 is 39.0 Å². The number of furan rings is 1. The van der Waals surface area contributed by atoms with Gasteiger partial charge in [-0.25, -0.2) is 0 Å². The van der Waals surface area contributed by atoms with Crippen molar-refractivity contribution in [3.8, 4) is 44.5 Å². The van der Waals surface area contributed by atoms with E-state index in [4.69, 9.17) is 4.42 Å². The predicted octanol–water partition coefficient (Wildman–Crippen LogP) is 14.7. The Kier molecular flexibility index (Phi) is 6.88. The maximum absolute atomic E-state index is 6.32. The van der Waals surface area contributed by atoms with Crippen molar-refractivity contribution in [3.63, 3.8) is 0 Å². The van der Waals surface area contributed by atoms with Gasteiger partial charge in [-0.05, 0) is 115 Å². The SMILES string of the molecule is c1ccc(-c2ccc(N(c3ccc4c(c3)C3(c5ccccc5-c5ccccc5-c5ccccc53)c3ccccc3-4)c3ccc4oc5ccccc5c4c3)cc2)cc1. The number of rotatable bonds is 4. The lowest BCUT2D eigenvalue weighted by Gasteiger charge is -2.36. The van der Waals surface area contributed by atoms with E-state index in [2.05, 4.69) is 205 Å². The van der Waals surface area contributed by atoms with Crippen molar-refractivity contribution in [1.29, 1.82) is 0 Å². The zero-order valence-electron chi connectivity index (χ0n) is 31.1. The normalized spacial score (nSPS) is 13.1. The third kappa shape index (κ3) is 4.59. The van der Waals surface area contributed by atoms with E-state index in [1.807, 2.05) is 12.1 Å². The van der Waals surface area contributed by atoms with Gasteiger partial charge in [-0.2, -0.15) is 0 Å². The van der Waals surface area contributed by atoms with E-state index in [9.17, 15) is 0 Å². The summed E-state index contributed by atoms with van der Waals surface area (Å²) in [5.74, 6) is 0. The van der Waals surface area contributed by atoms with Crippen LogP contribution in [0.5, 0.6) is 0 Å². The first-order valence-electron chi connectivity index (χ1n) is 19.7. The first-order chi connectivity index (χ1) is 28.3. The van der Waals surface area contributed by atoms with Crippen LogP contribution in [0.4, 0.5) is 17.1 Å². The Morgan fingerprint density at radius 2 is 0.754 bits per heavy atom. The second kappa shape index (κ2) is 12.3. The molecule has 0 saturated heterocycles. The Balaban J connectivity index is 1.14. The summed E-state index contributed by atoms with van der Waals surface area (Å²) in [6, 6.07) is 77.8. The average molecular weight is 726 g/mol. The first kappa shape index (κ1) is 31.9. The van der Waals surface area contributed by atoms with Gasteiger partial charge in [0.05, 0.1) is 5.41 Å². The van der Waals surface area contributed by atoms with E-state index in [-0.39, 0.29) is 0 Å². The van der Waals surface area contributed by atoms with Gasteiger partial charge in [-0.1, -0.05) is 164 Å². The molecular formula is C55H35NO. The molecule has 0 bridgehead atoms. The lowest BCUT2D eigenvalue weighted by atomic mass is 9.66. The molecule has 0 unspecified atom stereocenters. The number of hydrogen-bond acceptors (Lipinski definition) is 2. The zero-order chi connectivity index (χ0) is 37.5. The maximum atomic E-state index is 6.32. The highest BCUT2D eigenvalue weighted by Crippen LogP contribution is 2.62. The van der Waals surface area contributed by atoms with Gasteiger partial charge in [0.1, 0.15) is 11.2 Å². The summed E-state index contributed by atoms with van der Waals surface area (Å²) in [4.78, 5) is 2.41. The Bertz CT molecular complexity index is 3120. The van der Waals surface area contributed by atoms with E-state index in [0.29, 0.717) is 0 Å². The fourth-order valence-corrected chi connectivity index (χ4v) is 9.91. The molecule has 0 atom stereocenters. The minimum absolute atomic E-state index is 0.568. The van der Waals surface area contributed by atoms with Gasteiger partial charge in [0.2, 0.25) is 0 Å². The Morgan fingerprint density at radius 1 is 0.298 bits per heavy atom. The van der Waals surface area contributed by atoms with Crippen LogP contribution in [-0.4, -0.2) is 0 Å². The van der Waals surface area contributed by atoms with Crippen LogP contribution in [0.1, 0.15) is 22.3 Å². The molecule has 12 rings (SSSR count). The third-order valence-corrected chi connectivity index (χ3v) is 12.3. The summed E-state index contributed by atoms with van der Waals surface area (Å²) in [6.45, 7) is 0. The average Bonchev–Trinajstić information content (AvgIpc) is 3.77. The molecule has 2 heteroatoms. The highest BCUT2D eigenvalue weighted by atomic mass is 16.3. The monoisotopic (exact) mass is 725 g/mol. The second-order valence-corrected chi connectivity index (χ2v) is 15.2. The number of fused-ring (bicyclic) bond motifs is 15. The Labute approximate surface area is 331 Å². The number of anilines is 3. The molecule has 1 heterocycles. The van der Waals surface area contributed by atoms with Crippen LogP contribution in [-0.2, 0) is 5.41 Å². The van der Waals surface area contributed by atoms with Crippen LogP contribution in [0, 0.1) is 0 Å². The molecule has 0 aliphatic heterocycles. The van der Waals surface area contributed by atoms with Gasteiger partial charge in [0.25, 0.3) is 0 Å². The molecule has 0 saturated carbocycles. The zero-order valence-corrected chi connectivity index (χ0v) is 31.1. The Hall–Kier alpha value is -7.42. The standard InChI is InChI=1S/C55H35NO/c1-2-14-36(15-3-1)37-26-28-38(29-27-37)56(39-31-33-54-48(34-39)47-21-9-13-25-53(47)57-54)40-30-32-46-45-20-8-12-24-51(45)55(52(46)35-40)49-22-10-6-18-43(49)41-16-4-5-17-42(41)44-19-7-11-23-50(44)55/h1-35H. The summed E-state index contributed by atoms with van der Waals surface area (Å²) in [5.41, 5.74) is 19.7. The van der Waals surface area contributed by atoms with E-state index < -0.39 is 5.41 Å². The molecule has 2 aliphatic carbocycles. The molecule has 2 nitrogen and oxygen atoms in total. The summed E-state index contributed by atoms with van der Waals surface area (Å²) >= 11 is 0. The van der Waals surface area contributed by atoms with Crippen molar-refractivity contribution in [2.45, 2.75) is 5.41 Å². The highest BCUT2D eigenvalue weighted by Gasteiger charge is 2.49. The van der Waals surface area contributed by atoms with Gasteiger partial charge in [0.15, 0.2) is 0 Å². The van der Waals surface area contributed by atoms with Crippen LogP contribution in [0.2, 0.25) is 0 Å². The number of para-hydroxylation sites is 1. The maximum Gasteiger partial charge on any atom is 0.135 e. The van der Waals surface area contributed by atoms with Crippen molar-refractivity contribution < 1.29 is 4.42 Å². The minimum atomic E-state index is -0.568. The molecule has 0 N–H and O–H groups in total. The fraction of sp³-hybridized carbons (Fsp3) is 0.0182. The number of benzene rings is 9. The van der Waals surface area contributed by atoms with E-state index in [0.717, 1.165) is 39.0 Å². The molecule has 9 aromatic carbocycles. The van der Waals surface area contributed by atoms with Gasteiger partial charge in [-0.15, -0.1) is 0 Å². The summed E-state index contributed by atoms with van der Waals surface area (Å²) < 4.78 is 6.32. The predicted molar refractivity (Wildman–Crippen MR) is 236 cm³/mol. The van der Waals surface area contributed by atoms with E-state index in [1.54, 1.807) is 0 Å². The molecular weight excluding hydrogens is 691 g/mol. The molecule has 10 aromatic rings. The number of hydrogen-bond donors (Lipinski definition) is 0. The summed E-state index contributed by atoms with van der Waals surface area (Å²) in [7, 11) is 0. The highest BCUT2D eigenvalue weighted by molar-refractivity contribution is 6.07. The molecule has 2 aliphatic rings. The van der Waals surface area contributed by atoms with Gasteiger partial charge in [0, 0.05) is 27.8 Å². The topological polar surface area (TPSA) is 16.4 Å². The molecule has 0 fully saturated rings. The third-order valence-electron chi connectivity index (χ3n) is 12.3. The van der Waals surface area contributed by atoms with Crippen LogP contribution >= 0.6 is 0 Å². The molecule has 0 radical (unpaired) electrons. The molecule has 0 amide bonds. The Morgan fingerprint density at radius 3 is 1.42 bits per heavy atom. The lowest BCUT2D eigenvalue weighted by Crippen LogP contribution is -2.29. The fourth-order valence-electron chi connectivity index (χ4n) is 9.91. The van der Waals surface area contributed by atoms with Crippen LogP contribution in [0.3, 0.4) is 0 Å². The first-order valence-corrected chi connectivity index (χ1v) is 19.7. The van der Waals surface area contributed by atoms with Gasteiger partial charge < -0.3 is 9.32 Å². The van der Waals surface area contributed by atoms with Crippen molar-refractivity contribution in [2.24, 2.45) is 0 Å². The van der Waals surface area contributed by atoms with Crippen LogP contribution in [0.15, 0.2) is 217 Å². The van der Waals surface area contributed by atoms with E-state index in [1.165, 1.54) is 66.8 Å². The molecule has 1 aromatic heterocycles. The largest absolute Gasteiger partial charge is 0.456 e. The van der Waals surface area contributed by atoms with E-state index >= 15 is 0 Å². The van der Waals surface area contributed by atoms with Crippen LogP contribution in [0.25, 0.3) is 66.4 Å². The molecule has 57 heavy (non-hydrogen) atoms. The van der Waals surface area contributed by atoms with Crippen molar-refractivity contribution in [3.05, 3.63) is 235 Å².